The van der Waals surface area contributed by atoms with Crippen LogP contribution in [0.1, 0.15) is 16.8 Å². The van der Waals surface area contributed by atoms with Crippen molar-refractivity contribution < 1.29 is 19.1 Å². The first-order chi connectivity index (χ1) is 7.63. The standard InChI is InChI=1S/C11H13NO4/c1-15-10(13)5-6-16-11(14)8-3-2-4-9(12)7-8/h2-4,7H,5-6,12H2,1H3. The molecule has 0 aromatic heterocycles. The second-order valence-corrected chi connectivity index (χ2v) is 3.09. The van der Waals surface area contributed by atoms with Crippen molar-refractivity contribution in [3.05, 3.63) is 29.8 Å². The van der Waals surface area contributed by atoms with Crippen LogP contribution >= 0.6 is 0 Å². The van der Waals surface area contributed by atoms with Gasteiger partial charge in [-0.1, -0.05) is 6.07 Å². The zero-order valence-corrected chi connectivity index (χ0v) is 8.93. The van der Waals surface area contributed by atoms with Crippen LogP contribution in [0.25, 0.3) is 0 Å². The molecule has 0 aliphatic rings. The number of ether oxygens (including phenoxy) is 2. The van der Waals surface area contributed by atoms with E-state index in [2.05, 4.69) is 4.74 Å². The Labute approximate surface area is 93.1 Å². The summed E-state index contributed by atoms with van der Waals surface area (Å²) in [6, 6.07) is 6.44. The minimum absolute atomic E-state index is 0.000303. The number of hydrogen-bond donors (Lipinski definition) is 1. The number of esters is 2. The van der Waals surface area contributed by atoms with Crippen LogP contribution in [0.2, 0.25) is 0 Å². The summed E-state index contributed by atoms with van der Waals surface area (Å²) in [5.74, 6) is -0.920. The molecule has 2 N–H and O–H groups in total. The Bertz CT molecular complexity index is 389. The third-order valence-electron chi connectivity index (χ3n) is 1.89. The van der Waals surface area contributed by atoms with Crippen LogP contribution in [0.15, 0.2) is 24.3 Å². The van der Waals surface area contributed by atoms with Gasteiger partial charge in [-0.05, 0) is 18.2 Å². The lowest BCUT2D eigenvalue weighted by atomic mass is 10.2. The van der Waals surface area contributed by atoms with Gasteiger partial charge in [0, 0.05) is 5.69 Å². The van der Waals surface area contributed by atoms with Crippen molar-refractivity contribution >= 4 is 17.6 Å². The van der Waals surface area contributed by atoms with E-state index in [1.807, 2.05) is 0 Å². The normalized spacial score (nSPS) is 9.56. The summed E-state index contributed by atoms with van der Waals surface area (Å²) in [6.07, 6.45) is 0.0462. The van der Waals surface area contributed by atoms with Gasteiger partial charge in [-0.25, -0.2) is 4.79 Å². The van der Waals surface area contributed by atoms with E-state index in [0.29, 0.717) is 11.3 Å². The molecule has 1 aromatic carbocycles. The van der Waals surface area contributed by atoms with Crippen molar-refractivity contribution in [3.63, 3.8) is 0 Å². The molecule has 0 aliphatic carbocycles. The van der Waals surface area contributed by atoms with Gasteiger partial charge >= 0.3 is 11.9 Å². The minimum Gasteiger partial charge on any atom is -0.469 e. The summed E-state index contributed by atoms with van der Waals surface area (Å²) in [4.78, 5) is 22.2. The van der Waals surface area contributed by atoms with Crippen LogP contribution < -0.4 is 5.73 Å². The average Bonchev–Trinajstić information content (AvgIpc) is 2.28. The maximum atomic E-state index is 11.4. The van der Waals surface area contributed by atoms with Crippen LogP contribution in [0.3, 0.4) is 0 Å². The van der Waals surface area contributed by atoms with Crippen LogP contribution in [0, 0.1) is 0 Å². The Balaban J connectivity index is 2.44. The fourth-order valence-electron chi connectivity index (χ4n) is 1.08. The summed E-state index contributed by atoms with van der Waals surface area (Å²) in [5.41, 5.74) is 6.37. The highest BCUT2D eigenvalue weighted by molar-refractivity contribution is 5.90. The van der Waals surface area contributed by atoms with Gasteiger partial charge in [0.15, 0.2) is 0 Å². The topological polar surface area (TPSA) is 78.6 Å². The first kappa shape index (κ1) is 12.0. The Morgan fingerprint density at radius 1 is 1.38 bits per heavy atom. The molecule has 0 spiro atoms. The number of carbonyl (C=O) groups excluding carboxylic acids is 2. The summed E-state index contributed by atoms with van der Waals surface area (Å²) in [5, 5.41) is 0. The summed E-state index contributed by atoms with van der Waals surface area (Å²) < 4.78 is 9.27. The Kier molecular flexibility index (Phi) is 4.32. The summed E-state index contributed by atoms with van der Waals surface area (Å²) in [6.45, 7) is 0.000303. The third kappa shape index (κ3) is 3.61. The smallest absolute Gasteiger partial charge is 0.338 e. The first-order valence-corrected chi connectivity index (χ1v) is 4.73. The van der Waals surface area contributed by atoms with E-state index in [0.717, 1.165) is 0 Å². The summed E-state index contributed by atoms with van der Waals surface area (Å²) >= 11 is 0. The number of rotatable bonds is 4. The molecule has 16 heavy (non-hydrogen) atoms. The molecule has 0 fully saturated rings. The van der Waals surface area contributed by atoms with Gasteiger partial charge in [0.25, 0.3) is 0 Å². The van der Waals surface area contributed by atoms with Gasteiger partial charge in [-0.3, -0.25) is 4.79 Å². The minimum atomic E-state index is -0.504. The number of nitrogen functional groups attached to an aromatic ring is 1. The predicted octanol–water partition coefficient (Wildman–Crippen LogP) is 0.989. The molecule has 0 saturated heterocycles. The van der Waals surface area contributed by atoms with Crippen LogP contribution in [-0.2, 0) is 14.3 Å². The van der Waals surface area contributed by atoms with Crippen LogP contribution in [0.4, 0.5) is 5.69 Å². The largest absolute Gasteiger partial charge is 0.469 e. The van der Waals surface area contributed by atoms with E-state index in [-0.39, 0.29) is 13.0 Å². The third-order valence-corrected chi connectivity index (χ3v) is 1.89. The zero-order chi connectivity index (χ0) is 12.0. The van der Waals surface area contributed by atoms with Gasteiger partial charge < -0.3 is 15.2 Å². The molecule has 0 bridgehead atoms. The number of benzene rings is 1. The highest BCUT2D eigenvalue weighted by atomic mass is 16.5. The molecule has 0 aliphatic heterocycles. The van der Waals surface area contributed by atoms with Crippen molar-refractivity contribution in [3.8, 4) is 0 Å². The lowest BCUT2D eigenvalue weighted by molar-refractivity contribution is -0.141. The highest BCUT2D eigenvalue weighted by Crippen LogP contribution is 2.07. The molecular formula is C11H13NO4. The molecule has 5 heteroatoms. The first-order valence-electron chi connectivity index (χ1n) is 4.73. The number of methoxy groups -OCH3 is 1. The number of hydrogen-bond acceptors (Lipinski definition) is 5. The Morgan fingerprint density at radius 3 is 2.75 bits per heavy atom. The van der Waals surface area contributed by atoms with E-state index in [9.17, 15) is 9.59 Å². The molecule has 0 unspecified atom stereocenters. The molecule has 0 heterocycles. The van der Waals surface area contributed by atoms with E-state index in [1.165, 1.54) is 13.2 Å². The average molecular weight is 223 g/mol. The van der Waals surface area contributed by atoms with E-state index in [4.69, 9.17) is 10.5 Å². The molecule has 0 atom stereocenters. The molecule has 0 radical (unpaired) electrons. The molecule has 1 rings (SSSR count). The monoisotopic (exact) mass is 223 g/mol. The van der Waals surface area contributed by atoms with E-state index >= 15 is 0 Å². The molecule has 1 aromatic rings. The quantitative estimate of drug-likeness (QED) is 0.608. The maximum Gasteiger partial charge on any atom is 0.338 e. The predicted molar refractivity (Wildman–Crippen MR) is 57.8 cm³/mol. The van der Waals surface area contributed by atoms with E-state index < -0.39 is 11.9 Å². The lowest BCUT2D eigenvalue weighted by Crippen LogP contribution is -2.11. The number of carbonyl (C=O) groups is 2. The second kappa shape index (κ2) is 5.75. The molecular weight excluding hydrogens is 210 g/mol. The van der Waals surface area contributed by atoms with Crippen molar-refractivity contribution in [2.24, 2.45) is 0 Å². The van der Waals surface area contributed by atoms with E-state index in [1.54, 1.807) is 18.2 Å². The van der Waals surface area contributed by atoms with Gasteiger partial charge in [0.1, 0.15) is 6.61 Å². The summed E-state index contributed by atoms with van der Waals surface area (Å²) in [7, 11) is 1.28. The number of nitrogens with two attached hydrogens (primary N) is 1. The SMILES string of the molecule is COC(=O)CCOC(=O)c1cccc(N)c1. The fourth-order valence-corrected chi connectivity index (χ4v) is 1.08. The van der Waals surface area contributed by atoms with Gasteiger partial charge in [-0.15, -0.1) is 0 Å². The van der Waals surface area contributed by atoms with Crippen molar-refractivity contribution in [1.82, 2.24) is 0 Å². The second-order valence-electron chi connectivity index (χ2n) is 3.09. The van der Waals surface area contributed by atoms with Gasteiger partial charge in [-0.2, -0.15) is 0 Å². The van der Waals surface area contributed by atoms with Crippen molar-refractivity contribution in [2.45, 2.75) is 6.42 Å². The molecule has 86 valence electrons. The Morgan fingerprint density at radius 2 is 2.12 bits per heavy atom. The van der Waals surface area contributed by atoms with Crippen LogP contribution in [0.5, 0.6) is 0 Å². The van der Waals surface area contributed by atoms with Crippen molar-refractivity contribution in [1.29, 1.82) is 0 Å². The van der Waals surface area contributed by atoms with Crippen molar-refractivity contribution in [2.75, 3.05) is 19.5 Å². The Hall–Kier alpha value is -2.04. The molecule has 5 nitrogen and oxygen atoms in total. The fraction of sp³-hybridized carbons (Fsp3) is 0.273. The van der Waals surface area contributed by atoms with Gasteiger partial charge in [0.2, 0.25) is 0 Å². The highest BCUT2D eigenvalue weighted by Gasteiger charge is 2.08. The molecule has 0 saturated carbocycles. The molecule has 0 amide bonds. The lowest BCUT2D eigenvalue weighted by Gasteiger charge is -2.04. The van der Waals surface area contributed by atoms with Gasteiger partial charge in [0.05, 0.1) is 19.1 Å². The van der Waals surface area contributed by atoms with Crippen LogP contribution in [-0.4, -0.2) is 25.7 Å². The maximum absolute atomic E-state index is 11.4. The number of anilines is 1. The zero-order valence-electron chi connectivity index (χ0n) is 8.93.